The Morgan fingerprint density at radius 2 is 0.840 bits per heavy atom. The molecule has 0 saturated heterocycles. The van der Waals surface area contributed by atoms with Gasteiger partial charge in [-0.3, -0.25) is 0 Å². The molecule has 3 aromatic rings. The molecule has 128 valence electrons. The first kappa shape index (κ1) is 18.6. The van der Waals surface area contributed by atoms with Gasteiger partial charge in [-0.05, 0) is 36.0 Å². The standard InChI is InChI=1S/C23H22O.H3N/c24-19-23(16-20-10-4-1-5-11-20,17-21-12-6-2-7-13-21)18-22-14-8-3-9-15-22;/h1-15,19H,16-18H2;1H3. The highest BCUT2D eigenvalue weighted by atomic mass is 16.1. The van der Waals surface area contributed by atoms with E-state index in [-0.39, 0.29) is 6.15 Å². The highest BCUT2D eigenvalue weighted by molar-refractivity contribution is 5.62. The van der Waals surface area contributed by atoms with Crippen molar-refractivity contribution in [3.63, 3.8) is 0 Å². The van der Waals surface area contributed by atoms with E-state index in [1.807, 2.05) is 54.6 Å². The zero-order chi connectivity index (χ0) is 16.7. The largest absolute Gasteiger partial charge is 0.344 e. The molecule has 2 nitrogen and oxygen atoms in total. The Bertz CT molecular complexity index is 652. The Balaban J connectivity index is 0.00000225. The summed E-state index contributed by atoms with van der Waals surface area (Å²) in [6.45, 7) is 0. The number of benzene rings is 3. The van der Waals surface area contributed by atoms with Crippen LogP contribution >= 0.6 is 0 Å². The molecule has 3 N–H and O–H groups in total. The van der Waals surface area contributed by atoms with Crippen LogP contribution in [0.15, 0.2) is 91.0 Å². The first-order chi connectivity index (χ1) is 11.8. The molecule has 0 bridgehead atoms. The summed E-state index contributed by atoms with van der Waals surface area (Å²) >= 11 is 0. The van der Waals surface area contributed by atoms with Crippen LogP contribution in [0.3, 0.4) is 0 Å². The molecule has 0 aromatic heterocycles. The van der Waals surface area contributed by atoms with Gasteiger partial charge in [-0.2, -0.15) is 0 Å². The first-order valence-corrected chi connectivity index (χ1v) is 8.38. The van der Waals surface area contributed by atoms with E-state index >= 15 is 0 Å². The van der Waals surface area contributed by atoms with E-state index in [2.05, 4.69) is 36.4 Å². The molecule has 25 heavy (non-hydrogen) atoms. The van der Waals surface area contributed by atoms with Crippen LogP contribution in [-0.2, 0) is 24.1 Å². The molecule has 3 aromatic carbocycles. The summed E-state index contributed by atoms with van der Waals surface area (Å²) in [7, 11) is 0. The second kappa shape index (κ2) is 8.95. The summed E-state index contributed by atoms with van der Waals surface area (Å²) in [6.07, 6.45) is 3.42. The Morgan fingerprint density at radius 1 is 0.560 bits per heavy atom. The second-order valence-corrected chi connectivity index (χ2v) is 6.47. The molecule has 2 heteroatoms. The molecule has 0 fully saturated rings. The Labute approximate surface area is 150 Å². The molecule has 0 amide bonds. The van der Waals surface area contributed by atoms with Crippen LogP contribution in [0.1, 0.15) is 16.7 Å². The fourth-order valence-corrected chi connectivity index (χ4v) is 3.32. The van der Waals surface area contributed by atoms with E-state index in [9.17, 15) is 4.79 Å². The van der Waals surface area contributed by atoms with Crippen molar-refractivity contribution in [3.05, 3.63) is 108 Å². The molecule has 0 saturated carbocycles. The molecule has 0 aliphatic heterocycles. The van der Waals surface area contributed by atoms with E-state index in [0.29, 0.717) is 0 Å². The van der Waals surface area contributed by atoms with Gasteiger partial charge in [0.25, 0.3) is 0 Å². The zero-order valence-electron chi connectivity index (χ0n) is 14.5. The van der Waals surface area contributed by atoms with Gasteiger partial charge in [0.1, 0.15) is 6.29 Å². The van der Waals surface area contributed by atoms with E-state index in [0.717, 1.165) is 19.3 Å². The number of aldehydes is 1. The lowest BCUT2D eigenvalue weighted by atomic mass is 9.73. The van der Waals surface area contributed by atoms with E-state index in [1.54, 1.807) is 0 Å². The number of rotatable bonds is 7. The van der Waals surface area contributed by atoms with Gasteiger partial charge in [-0.25, -0.2) is 0 Å². The number of carbonyl (C=O) groups is 1. The highest BCUT2D eigenvalue weighted by Gasteiger charge is 2.30. The maximum atomic E-state index is 12.2. The van der Waals surface area contributed by atoms with Gasteiger partial charge >= 0.3 is 0 Å². The van der Waals surface area contributed by atoms with Crippen molar-refractivity contribution in [1.82, 2.24) is 6.15 Å². The molecule has 0 atom stereocenters. The molecule has 3 rings (SSSR count). The SMILES string of the molecule is N.O=CC(Cc1ccccc1)(Cc1ccccc1)Cc1ccccc1. The molecule has 0 unspecified atom stereocenters. The lowest BCUT2D eigenvalue weighted by Crippen LogP contribution is -2.31. The summed E-state index contributed by atoms with van der Waals surface area (Å²) in [5.41, 5.74) is 3.19. The Morgan fingerprint density at radius 3 is 1.08 bits per heavy atom. The number of hydrogen-bond acceptors (Lipinski definition) is 2. The van der Waals surface area contributed by atoms with Gasteiger partial charge in [0.15, 0.2) is 0 Å². The van der Waals surface area contributed by atoms with Crippen LogP contribution < -0.4 is 6.15 Å². The van der Waals surface area contributed by atoms with E-state index in [4.69, 9.17) is 0 Å². The normalized spacial score (nSPS) is 10.7. The van der Waals surface area contributed by atoms with Crippen LogP contribution in [0.4, 0.5) is 0 Å². The molecule has 0 aliphatic carbocycles. The molecule has 0 aliphatic rings. The van der Waals surface area contributed by atoms with Crippen LogP contribution in [0.2, 0.25) is 0 Å². The monoisotopic (exact) mass is 331 g/mol. The average Bonchev–Trinajstić information content (AvgIpc) is 2.64. The van der Waals surface area contributed by atoms with Crippen LogP contribution in [0.25, 0.3) is 0 Å². The van der Waals surface area contributed by atoms with Crippen LogP contribution in [-0.4, -0.2) is 6.29 Å². The minimum atomic E-state index is -0.427. The summed E-state index contributed by atoms with van der Waals surface area (Å²) in [5, 5.41) is 0. The second-order valence-electron chi connectivity index (χ2n) is 6.47. The van der Waals surface area contributed by atoms with Gasteiger partial charge in [-0.15, -0.1) is 0 Å². The maximum Gasteiger partial charge on any atom is 0.127 e. The van der Waals surface area contributed by atoms with Crippen molar-refractivity contribution < 1.29 is 4.79 Å². The van der Waals surface area contributed by atoms with Gasteiger partial charge in [0.05, 0.1) is 0 Å². The fourth-order valence-electron chi connectivity index (χ4n) is 3.32. The van der Waals surface area contributed by atoms with Crippen molar-refractivity contribution >= 4 is 6.29 Å². The number of carbonyl (C=O) groups excluding carboxylic acids is 1. The lowest BCUT2D eigenvalue weighted by molar-refractivity contribution is -0.116. The van der Waals surface area contributed by atoms with Gasteiger partial charge in [0, 0.05) is 5.41 Å². The third-order valence-corrected chi connectivity index (χ3v) is 4.45. The summed E-state index contributed by atoms with van der Waals surface area (Å²) in [4.78, 5) is 12.2. The minimum Gasteiger partial charge on any atom is -0.344 e. The van der Waals surface area contributed by atoms with E-state index < -0.39 is 5.41 Å². The van der Waals surface area contributed by atoms with Gasteiger partial charge < -0.3 is 10.9 Å². The van der Waals surface area contributed by atoms with Crippen LogP contribution in [0, 0.1) is 5.41 Å². The maximum absolute atomic E-state index is 12.2. The fraction of sp³-hybridized carbons (Fsp3) is 0.174. The van der Waals surface area contributed by atoms with Crippen molar-refractivity contribution in [3.8, 4) is 0 Å². The van der Waals surface area contributed by atoms with Crippen molar-refractivity contribution in [1.29, 1.82) is 0 Å². The molecule has 0 heterocycles. The predicted octanol–water partition coefficient (Wildman–Crippen LogP) is 5.06. The lowest BCUT2D eigenvalue weighted by Gasteiger charge is -2.29. The molecule has 0 radical (unpaired) electrons. The van der Waals surface area contributed by atoms with Crippen LogP contribution in [0.5, 0.6) is 0 Å². The smallest absolute Gasteiger partial charge is 0.127 e. The number of hydrogen-bond donors (Lipinski definition) is 1. The minimum absolute atomic E-state index is 0. The summed E-state index contributed by atoms with van der Waals surface area (Å²) < 4.78 is 0. The third-order valence-electron chi connectivity index (χ3n) is 4.45. The predicted molar refractivity (Wildman–Crippen MR) is 104 cm³/mol. The third kappa shape index (κ3) is 5.13. The average molecular weight is 331 g/mol. The van der Waals surface area contributed by atoms with Crippen molar-refractivity contribution in [2.45, 2.75) is 19.3 Å². The Hall–Kier alpha value is -2.71. The molecule has 0 spiro atoms. The van der Waals surface area contributed by atoms with Crippen molar-refractivity contribution in [2.24, 2.45) is 5.41 Å². The Kier molecular flexibility index (Phi) is 6.67. The van der Waals surface area contributed by atoms with E-state index in [1.165, 1.54) is 23.0 Å². The topological polar surface area (TPSA) is 52.1 Å². The van der Waals surface area contributed by atoms with Gasteiger partial charge in [0.2, 0.25) is 0 Å². The van der Waals surface area contributed by atoms with Gasteiger partial charge in [-0.1, -0.05) is 91.0 Å². The summed E-state index contributed by atoms with van der Waals surface area (Å²) in [6, 6.07) is 30.9. The molecular weight excluding hydrogens is 306 g/mol. The quantitative estimate of drug-likeness (QED) is 0.615. The zero-order valence-corrected chi connectivity index (χ0v) is 14.5. The van der Waals surface area contributed by atoms with Crippen molar-refractivity contribution in [2.75, 3.05) is 0 Å². The highest BCUT2D eigenvalue weighted by Crippen LogP contribution is 2.30. The first-order valence-electron chi connectivity index (χ1n) is 8.38. The molecular formula is C23H25NO. The summed E-state index contributed by atoms with van der Waals surface area (Å²) in [5.74, 6) is 0.